The Labute approximate surface area is 148 Å². The summed E-state index contributed by atoms with van der Waals surface area (Å²) >= 11 is 0. The molecule has 2 rings (SSSR count). The quantitative estimate of drug-likeness (QED) is 0.802. The van der Waals surface area contributed by atoms with Crippen LogP contribution in [0.2, 0.25) is 0 Å². The summed E-state index contributed by atoms with van der Waals surface area (Å²) in [6.07, 6.45) is 1.42. The predicted molar refractivity (Wildman–Crippen MR) is 93.3 cm³/mol. The summed E-state index contributed by atoms with van der Waals surface area (Å²) in [6, 6.07) is 5.67. The van der Waals surface area contributed by atoms with E-state index in [9.17, 15) is 14.0 Å². The molecule has 1 heterocycles. The van der Waals surface area contributed by atoms with Crippen LogP contribution in [0.3, 0.4) is 0 Å². The van der Waals surface area contributed by atoms with Gasteiger partial charge in [-0.1, -0.05) is 12.1 Å². The van der Waals surface area contributed by atoms with Crippen LogP contribution in [-0.4, -0.2) is 42.5 Å². The smallest absolute Gasteiger partial charge is 0.309 e. The van der Waals surface area contributed by atoms with Crippen LogP contribution in [0.5, 0.6) is 0 Å². The number of amides is 1. The van der Waals surface area contributed by atoms with Gasteiger partial charge in [-0.2, -0.15) is 0 Å². The first-order valence-electron chi connectivity index (χ1n) is 8.89. The van der Waals surface area contributed by atoms with Crippen molar-refractivity contribution in [2.75, 3.05) is 19.7 Å². The lowest BCUT2D eigenvalue weighted by Gasteiger charge is -2.34. The van der Waals surface area contributed by atoms with Crippen molar-refractivity contribution >= 4 is 11.9 Å². The van der Waals surface area contributed by atoms with Crippen molar-refractivity contribution in [3.63, 3.8) is 0 Å². The van der Waals surface area contributed by atoms with E-state index in [4.69, 9.17) is 4.74 Å². The Kier molecular flexibility index (Phi) is 6.93. The second-order valence-corrected chi connectivity index (χ2v) is 6.52. The van der Waals surface area contributed by atoms with E-state index in [1.165, 1.54) is 12.1 Å². The number of esters is 1. The van der Waals surface area contributed by atoms with E-state index in [1.807, 2.05) is 20.8 Å². The SMILES string of the molecule is CCOC(=O)C1CCN(C(C)C(=O)NC(C)c2ccc(F)cc2)CC1. The Hall–Kier alpha value is -1.95. The molecule has 1 fully saturated rings. The second-order valence-electron chi connectivity index (χ2n) is 6.52. The van der Waals surface area contributed by atoms with E-state index < -0.39 is 0 Å². The molecule has 1 aliphatic rings. The van der Waals surface area contributed by atoms with Gasteiger partial charge in [-0.15, -0.1) is 0 Å². The molecule has 25 heavy (non-hydrogen) atoms. The van der Waals surface area contributed by atoms with Gasteiger partial charge in [-0.05, 0) is 64.4 Å². The van der Waals surface area contributed by atoms with Crippen LogP contribution in [0.15, 0.2) is 24.3 Å². The van der Waals surface area contributed by atoms with Gasteiger partial charge in [0.1, 0.15) is 5.82 Å². The third-order valence-corrected chi connectivity index (χ3v) is 4.81. The van der Waals surface area contributed by atoms with Crippen LogP contribution < -0.4 is 5.32 Å². The topological polar surface area (TPSA) is 58.6 Å². The van der Waals surface area contributed by atoms with E-state index in [-0.39, 0.29) is 35.7 Å². The molecule has 1 aromatic rings. The summed E-state index contributed by atoms with van der Waals surface area (Å²) in [5, 5.41) is 2.97. The van der Waals surface area contributed by atoms with Gasteiger partial charge in [0, 0.05) is 0 Å². The van der Waals surface area contributed by atoms with Crippen LogP contribution >= 0.6 is 0 Å². The molecular formula is C19H27FN2O3. The zero-order chi connectivity index (χ0) is 18.4. The van der Waals surface area contributed by atoms with E-state index in [0.29, 0.717) is 32.5 Å². The van der Waals surface area contributed by atoms with Crippen molar-refractivity contribution in [3.05, 3.63) is 35.6 Å². The molecule has 1 N–H and O–H groups in total. The van der Waals surface area contributed by atoms with Gasteiger partial charge >= 0.3 is 5.97 Å². The molecule has 2 atom stereocenters. The number of nitrogens with one attached hydrogen (secondary N) is 1. The zero-order valence-corrected chi connectivity index (χ0v) is 15.1. The lowest BCUT2D eigenvalue weighted by molar-refractivity contribution is -0.149. The molecule has 6 heteroatoms. The maximum atomic E-state index is 13.0. The van der Waals surface area contributed by atoms with E-state index in [2.05, 4.69) is 10.2 Å². The molecule has 0 spiro atoms. The van der Waals surface area contributed by atoms with Crippen LogP contribution in [0.4, 0.5) is 4.39 Å². The largest absolute Gasteiger partial charge is 0.466 e. The molecule has 0 saturated carbocycles. The number of likely N-dealkylation sites (tertiary alicyclic amines) is 1. The van der Waals surface area contributed by atoms with Gasteiger partial charge in [0.15, 0.2) is 0 Å². The second kappa shape index (κ2) is 8.94. The molecular weight excluding hydrogens is 323 g/mol. The molecule has 1 amide bonds. The first-order valence-corrected chi connectivity index (χ1v) is 8.89. The summed E-state index contributed by atoms with van der Waals surface area (Å²) in [4.78, 5) is 26.4. The minimum absolute atomic E-state index is 0.0635. The predicted octanol–water partition coefficient (Wildman–Crippen LogP) is 2.67. The number of benzene rings is 1. The molecule has 0 bridgehead atoms. The maximum Gasteiger partial charge on any atom is 0.309 e. The van der Waals surface area contributed by atoms with Crippen LogP contribution in [0.25, 0.3) is 0 Å². The third kappa shape index (κ3) is 5.26. The number of hydrogen-bond acceptors (Lipinski definition) is 4. The highest BCUT2D eigenvalue weighted by Gasteiger charge is 2.30. The highest BCUT2D eigenvalue weighted by atomic mass is 19.1. The number of nitrogens with zero attached hydrogens (tertiary/aromatic N) is 1. The molecule has 2 unspecified atom stereocenters. The summed E-state index contributed by atoms with van der Waals surface area (Å²) in [7, 11) is 0. The van der Waals surface area contributed by atoms with Gasteiger partial charge < -0.3 is 10.1 Å². The summed E-state index contributed by atoms with van der Waals surface area (Å²) in [5.74, 6) is -0.555. The van der Waals surface area contributed by atoms with Gasteiger partial charge in [0.05, 0.1) is 24.6 Å². The monoisotopic (exact) mass is 350 g/mol. The average molecular weight is 350 g/mol. The van der Waals surface area contributed by atoms with Crippen molar-refractivity contribution in [3.8, 4) is 0 Å². The highest BCUT2D eigenvalue weighted by molar-refractivity contribution is 5.81. The van der Waals surface area contributed by atoms with Crippen LogP contribution in [-0.2, 0) is 14.3 Å². The number of hydrogen-bond donors (Lipinski definition) is 1. The fraction of sp³-hybridized carbons (Fsp3) is 0.579. The molecule has 0 aliphatic carbocycles. The molecule has 1 saturated heterocycles. The van der Waals surface area contributed by atoms with Gasteiger partial charge in [0.2, 0.25) is 5.91 Å². The van der Waals surface area contributed by atoms with E-state index in [0.717, 1.165) is 5.56 Å². The number of halogens is 1. The van der Waals surface area contributed by atoms with Crippen molar-refractivity contribution < 1.29 is 18.7 Å². The molecule has 1 aromatic carbocycles. The number of ether oxygens (including phenoxy) is 1. The first-order chi connectivity index (χ1) is 11.9. The Morgan fingerprint density at radius 1 is 1.24 bits per heavy atom. The summed E-state index contributed by atoms with van der Waals surface area (Å²) in [5.41, 5.74) is 0.864. The molecule has 0 radical (unpaired) electrons. The Bertz CT molecular complexity index is 583. The summed E-state index contributed by atoms with van der Waals surface area (Å²) < 4.78 is 18.1. The number of carbonyl (C=O) groups excluding carboxylic acids is 2. The molecule has 5 nitrogen and oxygen atoms in total. The third-order valence-electron chi connectivity index (χ3n) is 4.81. The molecule has 138 valence electrons. The van der Waals surface area contributed by atoms with Gasteiger partial charge in [0.25, 0.3) is 0 Å². The Balaban J connectivity index is 1.84. The standard InChI is InChI=1S/C19H27FN2O3/c1-4-25-19(24)16-9-11-22(12-10-16)14(3)18(23)21-13(2)15-5-7-17(20)8-6-15/h5-8,13-14,16H,4,9-12H2,1-3H3,(H,21,23). The van der Waals surface area contributed by atoms with E-state index in [1.54, 1.807) is 12.1 Å². The fourth-order valence-corrected chi connectivity index (χ4v) is 3.12. The molecule has 0 aromatic heterocycles. The van der Waals surface area contributed by atoms with Gasteiger partial charge in [-0.3, -0.25) is 14.5 Å². The minimum Gasteiger partial charge on any atom is -0.466 e. The fourth-order valence-electron chi connectivity index (χ4n) is 3.12. The number of piperidine rings is 1. The minimum atomic E-state index is -0.292. The zero-order valence-electron chi connectivity index (χ0n) is 15.1. The average Bonchev–Trinajstić information content (AvgIpc) is 2.61. The Morgan fingerprint density at radius 3 is 2.40 bits per heavy atom. The molecule has 1 aliphatic heterocycles. The van der Waals surface area contributed by atoms with Crippen LogP contribution in [0.1, 0.15) is 45.2 Å². The summed E-state index contributed by atoms with van der Waals surface area (Å²) in [6.45, 7) is 7.36. The lowest BCUT2D eigenvalue weighted by Crippen LogP contribution is -2.49. The number of rotatable bonds is 6. The highest BCUT2D eigenvalue weighted by Crippen LogP contribution is 2.21. The first kappa shape index (κ1) is 19.4. The van der Waals surface area contributed by atoms with Gasteiger partial charge in [-0.25, -0.2) is 4.39 Å². The normalized spacial score (nSPS) is 18.4. The Morgan fingerprint density at radius 2 is 1.84 bits per heavy atom. The number of carbonyl (C=O) groups is 2. The van der Waals surface area contributed by atoms with Crippen molar-refractivity contribution in [1.82, 2.24) is 10.2 Å². The van der Waals surface area contributed by atoms with Crippen molar-refractivity contribution in [2.45, 2.75) is 45.7 Å². The van der Waals surface area contributed by atoms with Crippen molar-refractivity contribution in [1.29, 1.82) is 0 Å². The van der Waals surface area contributed by atoms with E-state index >= 15 is 0 Å². The van der Waals surface area contributed by atoms with Crippen molar-refractivity contribution in [2.24, 2.45) is 5.92 Å². The lowest BCUT2D eigenvalue weighted by atomic mass is 9.96. The maximum absolute atomic E-state index is 13.0. The van der Waals surface area contributed by atoms with Crippen LogP contribution in [0, 0.1) is 11.7 Å².